The Morgan fingerprint density at radius 3 is 2.38 bits per heavy atom. The summed E-state index contributed by atoms with van der Waals surface area (Å²) in [6.07, 6.45) is -0.673. The number of aliphatic carboxylic acids is 1. The number of carboxylic acids is 1. The minimum Gasteiger partial charge on any atom is -0.479 e. The molecule has 1 unspecified atom stereocenters. The van der Waals surface area contributed by atoms with E-state index in [1.807, 2.05) is 0 Å². The van der Waals surface area contributed by atoms with Gasteiger partial charge in [-0.2, -0.15) is 0 Å². The molecule has 16 heavy (non-hydrogen) atoms. The number of aliphatic hydroxyl groups is 1. The van der Waals surface area contributed by atoms with Gasteiger partial charge in [0, 0.05) is 13.6 Å². The van der Waals surface area contributed by atoms with E-state index in [4.69, 9.17) is 10.2 Å². The van der Waals surface area contributed by atoms with Crippen molar-refractivity contribution in [2.45, 2.75) is 26.4 Å². The molecule has 0 spiro atoms. The topological polar surface area (TPSA) is 89.9 Å². The van der Waals surface area contributed by atoms with Gasteiger partial charge in [0.05, 0.1) is 6.54 Å². The summed E-state index contributed by atoms with van der Waals surface area (Å²) in [5.74, 6) is -0.843. The zero-order chi connectivity index (χ0) is 12.7. The maximum atomic E-state index is 11.4. The van der Waals surface area contributed by atoms with Gasteiger partial charge in [0.1, 0.15) is 0 Å². The van der Waals surface area contributed by atoms with Crippen LogP contribution in [0.15, 0.2) is 0 Å². The molecule has 0 aliphatic heterocycles. The fourth-order valence-corrected chi connectivity index (χ4v) is 0.960. The highest BCUT2D eigenvalue weighted by atomic mass is 16.4. The molecule has 0 fully saturated rings. The van der Waals surface area contributed by atoms with E-state index in [9.17, 15) is 9.59 Å². The van der Waals surface area contributed by atoms with Crippen LogP contribution in [0.2, 0.25) is 0 Å². The van der Waals surface area contributed by atoms with Crippen molar-refractivity contribution in [3.05, 3.63) is 0 Å². The number of nitrogens with one attached hydrogen (secondary N) is 1. The first-order valence-electron chi connectivity index (χ1n) is 5.24. The van der Waals surface area contributed by atoms with E-state index in [2.05, 4.69) is 19.2 Å². The van der Waals surface area contributed by atoms with Gasteiger partial charge in [-0.05, 0) is 12.3 Å². The second kappa shape index (κ2) is 7.05. The lowest BCUT2D eigenvalue weighted by atomic mass is 10.1. The van der Waals surface area contributed by atoms with E-state index in [1.165, 1.54) is 4.90 Å². The SMILES string of the molecule is CC(C)CCN(C)C(=O)NCC(O)C(=O)O. The fraction of sp³-hybridized carbons (Fsp3) is 0.800. The van der Waals surface area contributed by atoms with Crippen molar-refractivity contribution in [2.75, 3.05) is 20.1 Å². The van der Waals surface area contributed by atoms with Crippen molar-refractivity contribution in [1.29, 1.82) is 0 Å². The van der Waals surface area contributed by atoms with E-state index in [0.29, 0.717) is 12.5 Å². The van der Waals surface area contributed by atoms with Gasteiger partial charge in [-0.3, -0.25) is 0 Å². The van der Waals surface area contributed by atoms with Crippen LogP contribution in [0, 0.1) is 5.92 Å². The number of urea groups is 1. The summed E-state index contributed by atoms with van der Waals surface area (Å²) in [5, 5.41) is 19.7. The Labute approximate surface area is 95.2 Å². The van der Waals surface area contributed by atoms with E-state index < -0.39 is 12.1 Å². The number of nitrogens with zero attached hydrogens (tertiary/aromatic N) is 1. The molecule has 0 aliphatic rings. The van der Waals surface area contributed by atoms with Gasteiger partial charge in [-0.15, -0.1) is 0 Å². The van der Waals surface area contributed by atoms with E-state index in [1.54, 1.807) is 7.05 Å². The molecule has 94 valence electrons. The van der Waals surface area contributed by atoms with Crippen LogP contribution < -0.4 is 5.32 Å². The highest BCUT2D eigenvalue weighted by Crippen LogP contribution is 2.00. The van der Waals surface area contributed by atoms with Gasteiger partial charge in [-0.25, -0.2) is 9.59 Å². The van der Waals surface area contributed by atoms with Crippen LogP contribution in [0.25, 0.3) is 0 Å². The molecule has 6 heteroatoms. The van der Waals surface area contributed by atoms with E-state index >= 15 is 0 Å². The smallest absolute Gasteiger partial charge is 0.334 e. The predicted octanol–water partition coefficient (Wildman–Crippen LogP) is 0.119. The van der Waals surface area contributed by atoms with Gasteiger partial charge in [0.15, 0.2) is 6.10 Å². The summed E-state index contributed by atoms with van der Waals surface area (Å²) in [7, 11) is 1.63. The maximum absolute atomic E-state index is 11.4. The number of amides is 2. The lowest BCUT2D eigenvalue weighted by Crippen LogP contribution is -2.43. The molecular weight excluding hydrogens is 212 g/mol. The number of aliphatic hydroxyl groups excluding tert-OH is 1. The third kappa shape index (κ3) is 6.23. The van der Waals surface area contributed by atoms with Gasteiger partial charge >= 0.3 is 12.0 Å². The molecule has 3 N–H and O–H groups in total. The second-order valence-corrected chi connectivity index (χ2v) is 4.14. The van der Waals surface area contributed by atoms with Crippen LogP contribution in [-0.4, -0.2) is 53.4 Å². The van der Waals surface area contributed by atoms with Crippen molar-refractivity contribution in [3.63, 3.8) is 0 Å². The van der Waals surface area contributed by atoms with Crippen LogP contribution in [0.3, 0.4) is 0 Å². The van der Waals surface area contributed by atoms with Crippen LogP contribution in [0.4, 0.5) is 4.79 Å². The molecule has 0 saturated carbocycles. The molecular formula is C10H20N2O4. The third-order valence-electron chi connectivity index (χ3n) is 2.12. The lowest BCUT2D eigenvalue weighted by molar-refractivity contribution is -0.146. The van der Waals surface area contributed by atoms with Crippen molar-refractivity contribution < 1.29 is 19.8 Å². The van der Waals surface area contributed by atoms with Crippen molar-refractivity contribution in [3.8, 4) is 0 Å². The second-order valence-electron chi connectivity index (χ2n) is 4.14. The summed E-state index contributed by atoms with van der Waals surface area (Å²) in [5.41, 5.74) is 0. The largest absolute Gasteiger partial charge is 0.479 e. The molecule has 0 radical (unpaired) electrons. The Bertz CT molecular complexity index is 243. The summed E-state index contributed by atoms with van der Waals surface area (Å²) in [6, 6.07) is -0.374. The highest BCUT2D eigenvalue weighted by molar-refractivity contribution is 5.76. The van der Waals surface area contributed by atoms with Gasteiger partial charge in [-0.1, -0.05) is 13.8 Å². The van der Waals surface area contributed by atoms with E-state index in [-0.39, 0.29) is 12.6 Å². The number of carbonyl (C=O) groups is 2. The summed E-state index contributed by atoms with van der Waals surface area (Å²) in [6.45, 7) is 4.44. The van der Waals surface area contributed by atoms with Crippen LogP contribution in [0.5, 0.6) is 0 Å². The Morgan fingerprint density at radius 1 is 1.38 bits per heavy atom. The Morgan fingerprint density at radius 2 is 1.94 bits per heavy atom. The number of rotatable bonds is 6. The molecule has 1 atom stereocenters. The average Bonchev–Trinajstić information content (AvgIpc) is 2.21. The molecule has 0 heterocycles. The molecule has 0 aromatic carbocycles. The highest BCUT2D eigenvalue weighted by Gasteiger charge is 2.15. The zero-order valence-electron chi connectivity index (χ0n) is 9.93. The average molecular weight is 232 g/mol. The Hall–Kier alpha value is -1.30. The lowest BCUT2D eigenvalue weighted by Gasteiger charge is -2.19. The van der Waals surface area contributed by atoms with Gasteiger partial charge in [0.2, 0.25) is 0 Å². The first-order chi connectivity index (χ1) is 7.34. The molecule has 2 amide bonds. The van der Waals surface area contributed by atoms with Gasteiger partial charge < -0.3 is 20.4 Å². The monoisotopic (exact) mass is 232 g/mol. The molecule has 0 rings (SSSR count). The minimum atomic E-state index is -1.55. The molecule has 0 aromatic rings. The quantitative estimate of drug-likeness (QED) is 0.606. The van der Waals surface area contributed by atoms with Crippen molar-refractivity contribution in [2.24, 2.45) is 5.92 Å². The number of hydrogen-bond donors (Lipinski definition) is 3. The zero-order valence-corrected chi connectivity index (χ0v) is 9.93. The molecule has 0 bridgehead atoms. The standard InChI is InChI=1S/C10H20N2O4/c1-7(2)4-5-12(3)10(16)11-6-8(13)9(14)15/h7-8,13H,4-6H2,1-3H3,(H,11,16)(H,14,15). The van der Waals surface area contributed by atoms with Crippen molar-refractivity contribution >= 4 is 12.0 Å². The normalized spacial score (nSPS) is 12.3. The predicted molar refractivity (Wildman–Crippen MR) is 59.1 cm³/mol. The Balaban J connectivity index is 3.83. The molecule has 6 nitrogen and oxygen atoms in total. The molecule has 0 aliphatic carbocycles. The van der Waals surface area contributed by atoms with Crippen molar-refractivity contribution in [1.82, 2.24) is 10.2 Å². The van der Waals surface area contributed by atoms with Crippen LogP contribution >= 0.6 is 0 Å². The van der Waals surface area contributed by atoms with Crippen LogP contribution in [0.1, 0.15) is 20.3 Å². The van der Waals surface area contributed by atoms with Gasteiger partial charge in [0.25, 0.3) is 0 Å². The summed E-state index contributed by atoms with van der Waals surface area (Å²) >= 11 is 0. The molecule has 0 saturated heterocycles. The summed E-state index contributed by atoms with van der Waals surface area (Å²) < 4.78 is 0. The molecule has 0 aromatic heterocycles. The first kappa shape index (κ1) is 14.7. The van der Waals surface area contributed by atoms with E-state index in [0.717, 1.165) is 6.42 Å². The van der Waals surface area contributed by atoms with Crippen LogP contribution in [-0.2, 0) is 4.79 Å². The number of carbonyl (C=O) groups excluding carboxylic acids is 1. The maximum Gasteiger partial charge on any atom is 0.334 e. The first-order valence-corrected chi connectivity index (χ1v) is 5.24. The summed E-state index contributed by atoms with van der Waals surface area (Å²) in [4.78, 5) is 23.1. The Kier molecular flexibility index (Phi) is 6.48. The third-order valence-corrected chi connectivity index (χ3v) is 2.12. The number of hydrogen-bond acceptors (Lipinski definition) is 3. The minimum absolute atomic E-state index is 0.278. The fourth-order valence-electron chi connectivity index (χ4n) is 0.960. The number of carboxylic acid groups (broad SMARTS) is 1.